The van der Waals surface area contributed by atoms with Crippen LogP contribution in [0.15, 0.2) is 30.3 Å². The molecule has 0 aliphatic heterocycles. The minimum absolute atomic E-state index is 0.0408. The van der Waals surface area contributed by atoms with E-state index in [4.69, 9.17) is 9.47 Å². The molecule has 0 aliphatic rings. The summed E-state index contributed by atoms with van der Waals surface area (Å²) in [7, 11) is 4.82. The lowest BCUT2D eigenvalue weighted by Crippen LogP contribution is -2.53. The van der Waals surface area contributed by atoms with Crippen molar-refractivity contribution in [1.29, 1.82) is 0 Å². The predicted molar refractivity (Wildman–Crippen MR) is 174 cm³/mol. The number of nitrogens with one attached hydrogen (secondary N) is 2. The van der Waals surface area contributed by atoms with Crippen LogP contribution in [0.5, 0.6) is 0 Å². The van der Waals surface area contributed by atoms with Crippen LogP contribution in [0.4, 0.5) is 0 Å². The molecule has 0 bridgehead atoms. The van der Waals surface area contributed by atoms with Gasteiger partial charge in [-0.2, -0.15) is 0 Å². The molecule has 1 aromatic carbocycles. The third-order valence-corrected chi connectivity index (χ3v) is 8.23. The maximum absolute atomic E-state index is 13.7. The largest absolute Gasteiger partial charge is 0.379 e. The van der Waals surface area contributed by atoms with Crippen LogP contribution in [0.2, 0.25) is 0 Å². The van der Waals surface area contributed by atoms with Gasteiger partial charge in [-0.1, -0.05) is 78.3 Å². The van der Waals surface area contributed by atoms with Gasteiger partial charge in [-0.25, -0.2) is 0 Å². The summed E-state index contributed by atoms with van der Waals surface area (Å²) in [5.74, 6) is -0.884. The molecule has 0 heterocycles. The Morgan fingerprint density at radius 3 is 2.05 bits per heavy atom. The number of ether oxygens (including phenoxy) is 2. The van der Waals surface area contributed by atoms with Crippen LogP contribution in [-0.4, -0.2) is 99.1 Å². The van der Waals surface area contributed by atoms with Crippen LogP contribution in [-0.2, 0) is 35.1 Å². The molecule has 0 aliphatic carbocycles. The molecule has 0 saturated heterocycles. The van der Waals surface area contributed by atoms with Gasteiger partial charge in [-0.3, -0.25) is 19.2 Å². The van der Waals surface area contributed by atoms with E-state index in [9.17, 15) is 19.2 Å². The van der Waals surface area contributed by atoms with Crippen LogP contribution in [0.3, 0.4) is 0 Å². The van der Waals surface area contributed by atoms with Gasteiger partial charge in [0.2, 0.25) is 23.6 Å². The summed E-state index contributed by atoms with van der Waals surface area (Å²) in [5, 5.41) is 5.71. The van der Waals surface area contributed by atoms with Gasteiger partial charge in [0.15, 0.2) is 0 Å². The van der Waals surface area contributed by atoms with Gasteiger partial charge >= 0.3 is 0 Å². The lowest BCUT2D eigenvalue weighted by molar-refractivity contribution is -0.144. The zero-order valence-electron chi connectivity index (χ0n) is 28.6. The van der Waals surface area contributed by atoms with Gasteiger partial charge in [0.25, 0.3) is 0 Å². The highest BCUT2D eigenvalue weighted by atomic mass is 16.5. The second-order valence-electron chi connectivity index (χ2n) is 12.2. The molecule has 0 radical (unpaired) electrons. The fraction of sp³-hybridized carbons (Fsp3) is 0.706. The Morgan fingerprint density at radius 2 is 1.50 bits per heavy atom. The van der Waals surface area contributed by atoms with Crippen molar-refractivity contribution in [2.45, 2.75) is 91.9 Å². The van der Waals surface area contributed by atoms with Crippen LogP contribution < -0.4 is 10.6 Å². The molecule has 0 aromatic heterocycles. The zero-order valence-corrected chi connectivity index (χ0v) is 28.6. The summed E-state index contributed by atoms with van der Waals surface area (Å²) in [6.07, 6.45) is 1.61. The van der Waals surface area contributed by atoms with E-state index >= 15 is 0 Å². The molecule has 5 atom stereocenters. The van der Waals surface area contributed by atoms with Crippen molar-refractivity contribution in [2.24, 2.45) is 17.8 Å². The van der Waals surface area contributed by atoms with E-state index in [2.05, 4.69) is 10.6 Å². The van der Waals surface area contributed by atoms with Gasteiger partial charge < -0.3 is 29.9 Å². The predicted octanol–water partition coefficient (Wildman–Crippen LogP) is 3.68. The number of methoxy groups -OCH3 is 2. The molecule has 2 N–H and O–H groups in total. The van der Waals surface area contributed by atoms with E-state index in [0.29, 0.717) is 19.5 Å². The third-order valence-electron chi connectivity index (χ3n) is 8.23. The molecule has 250 valence electrons. The minimum Gasteiger partial charge on any atom is -0.379 e. The molecule has 1 aromatic rings. The highest BCUT2D eigenvalue weighted by Crippen LogP contribution is 2.23. The maximum atomic E-state index is 13.7. The van der Waals surface area contributed by atoms with Gasteiger partial charge in [0.1, 0.15) is 0 Å². The van der Waals surface area contributed by atoms with Crippen LogP contribution in [0.1, 0.15) is 72.8 Å². The van der Waals surface area contributed by atoms with Crippen molar-refractivity contribution >= 4 is 23.6 Å². The molecule has 10 heteroatoms. The van der Waals surface area contributed by atoms with Gasteiger partial charge in [-0.15, -0.1) is 0 Å². The molecular weight excluding hydrogens is 560 g/mol. The smallest absolute Gasteiger partial charge is 0.242 e. The first-order valence-corrected chi connectivity index (χ1v) is 16.1. The quantitative estimate of drug-likeness (QED) is 0.217. The Balaban J connectivity index is 2.93. The SMILES string of the molecule is CCCN(CC(OC)[C@H](C)C(=O)NCCc1ccccc1)C(=O)C[C@H](OC)[C@@H]([C@H](C)CC)N(C)C(=O)CNC(=O)CC(C)C. The Hall–Kier alpha value is -2.98. The van der Waals surface area contributed by atoms with Crippen molar-refractivity contribution in [1.82, 2.24) is 20.4 Å². The lowest BCUT2D eigenvalue weighted by atomic mass is 9.90. The number of hydrogen-bond acceptors (Lipinski definition) is 6. The van der Waals surface area contributed by atoms with E-state index in [-0.39, 0.29) is 61.0 Å². The van der Waals surface area contributed by atoms with Gasteiger partial charge in [-0.05, 0) is 30.2 Å². The Bertz CT molecular complexity index is 1000. The molecule has 4 amide bonds. The summed E-state index contributed by atoms with van der Waals surface area (Å²) < 4.78 is 11.6. The van der Waals surface area contributed by atoms with E-state index in [1.807, 2.05) is 71.9 Å². The molecule has 0 saturated carbocycles. The van der Waals surface area contributed by atoms with Gasteiger partial charge in [0, 0.05) is 47.3 Å². The van der Waals surface area contributed by atoms with Crippen molar-refractivity contribution in [2.75, 3.05) is 47.4 Å². The summed E-state index contributed by atoms with van der Waals surface area (Å²) in [6, 6.07) is 9.60. The molecule has 10 nitrogen and oxygen atoms in total. The monoisotopic (exact) mass is 618 g/mol. The second kappa shape index (κ2) is 20.9. The number of nitrogens with zero attached hydrogens (tertiary/aromatic N) is 2. The standard InChI is InChI=1S/C34H58N4O6/c1-10-19-38(23-29(44-9)26(6)34(42)35-18-17-27-15-13-12-14-16-27)31(40)21-28(43-8)33(25(5)11-2)37(7)32(41)22-36-30(39)20-24(3)4/h12-16,24-26,28-29,33H,10-11,17-23H2,1-9H3,(H,35,42)(H,36,39)/t25-,26+,28+,29?,33-/m1/s1. The normalized spacial score (nSPS) is 14.7. The number of benzene rings is 1. The summed E-state index contributed by atoms with van der Waals surface area (Å²) in [4.78, 5) is 55.3. The number of carbonyl (C=O) groups excluding carboxylic acids is 4. The second-order valence-corrected chi connectivity index (χ2v) is 12.2. The Morgan fingerprint density at radius 1 is 0.864 bits per heavy atom. The van der Waals surface area contributed by atoms with Crippen molar-refractivity contribution in [3.05, 3.63) is 35.9 Å². The van der Waals surface area contributed by atoms with E-state index < -0.39 is 18.1 Å². The fourth-order valence-corrected chi connectivity index (χ4v) is 5.34. The lowest BCUT2D eigenvalue weighted by Gasteiger charge is -2.38. The molecule has 44 heavy (non-hydrogen) atoms. The molecule has 0 fully saturated rings. The first kappa shape index (κ1) is 39.0. The number of carbonyl (C=O) groups is 4. The van der Waals surface area contributed by atoms with E-state index in [1.165, 1.54) is 0 Å². The van der Waals surface area contributed by atoms with Crippen LogP contribution in [0.25, 0.3) is 0 Å². The average Bonchev–Trinajstić information content (AvgIpc) is 3.00. The van der Waals surface area contributed by atoms with Crippen LogP contribution in [0, 0.1) is 17.8 Å². The Labute approximate surface area is 265 Å². The van der Waals surface area contributed by atoms with Crippen molar-refractivity contribution < 1.29 is 28.7 Å². The van der Waals surface area contributed by atoms with E-state index in [1.54, 1.807) is 31.1 Å². The summed E-state index contributed by atoms with van der Waals surface area (Å²) in [5.41, 5.74) is 1.15. The summed E-state index contributed by atoms with van der Waals surface area (Å²) in [6.45, 7) is 13.0. The highest BCUT2D eigenvalue weighted by Gasteiger charge is 2.35. The number of amides is 4. The molecular formula is C34H58N4O6. The minimum atomic E-state index is -0.558. The zero-order chi connectivity index (χ0) is 33.2. The third kappa shape index (κ3) is 13.3. The molecule has 1 rings (SSSR count). The average molecular weight is 619 g/mol. The number of hydrogen-bond donors (Lipinski definition) is 2. The fourth-order valence-electron chi connectivity index (χ4n) is 5.34. The first-order chi connectivity index (χ1) is 20.9. The van der Waals surface area contributed by atoms with Crippen molar-refractivity contribution in [3.63, 3.8) is 0 Å². The van der Waals surface area contributed by atoms with Crippen molar-refractivity contribution in [3.8, 4) is 0 Å². The van der Waals surface area contributed by atoms with E-state index in [0.717, 1.165) is 24.8 Å². The maximum Gasteiger partial charge on any atom is 0.242 e. The Kier molecular flexibility index (Phi) is 18.5. The van der Waals surface area contributed by atoms with Crippen LogP contribution >= 0.6 is 0 Å². The summed E-state index contributed by atoms with van der Waals surface area (Å²) >= 11 is 0. The molecule has 1 unspecified atom stereocenters. The topological polar surface area (TPSA) is 117 Å². The molecule has 0 spiro atoms. The number of likely N-dealkylation sites (N-methyl/N-ethyl adjacent to an activating group) is 1. The highest BCUT2D eigenvalue weighted by molar-refractivity contribution is 5.85. The van der Waals surface area contributed by atoms with Gasteiger partial charge in [0.05, 0.1) is 37.1 Å². The number of rotatable bonds is 21. The first-order valence-electron chi connectivity index (χ1n) is 16.1.